The number of nitrogens with one attached hydrogen (secondary N) is 2. The zero-order valence-electron chi connectivity index (χ0n) is 21.9. The lowest BCUT2D eigenvalue weighted by Crippen LogP contribution is -2.39. The molecule has 4 aromatic rings. The van der Waals surface area contributed by atoms with Crippen molar-refractivity contribution in [2.24, 2.45) is 5.92 Å². The Labute approximate surface area is 229 Å². The van der Waals surface area contributed by atoms with Crippen molar-refractivity contribution < 1.29 is 27.9 Å². The number of H-pyrrole nitrogens is 1. The van der Waals surface area contributed by atoms with Crippen LogP contribution in [-0.2, 0) is 24.1 Å². The van der Waals surface area contributed by atoms with E-state index in [-0.39, 0.29) is 28.9 Å². The highest BCUT2D eigenvalue weighted by Gasteiger charge is 2.41. The van der Waals surface area contributed by atoms with E-state index in [1.807, 2.05) is 6.07 Å². The Bertz CT molecular complexity index is 1600. The summed E-state index contributed by atoms with van der Waals surface area (Å²) in [6, 6.07) is 3.61. The van der Waals surface area contributed by atoms with E-state index in [2.05, 4.69) is 20.1 Å². The van der Waals surface area contributed by atoms with Gasteiger partial charge in [-0.05, 0) is 25.3 Å². The number of nitrogens with two attached hydrogens (primary N) is 1. The molecule has 1 fully saturated rings. The molecule has 1 unspecified atom stereocenters. The molecule has 14 nitrogen and oxygen atoms in total. The number of methoxy groups -OCH3 is 1. The van der Waals surface area contributed by atoms with Gasteiger partial charge in [-0.25, -0.2) is 23.9 Å². The van der Waals surface area contributed by atoms with Crippen LogP contribution in [0.5, 0.6) is 0 Å². The molecule has 3 atom stereocenters. The fraction of sp³-hybridized carbons (Fsp3) is 0.400. The van der Waals surface area contributed by atoms with E-state index in [1.165, 1.54) is 10.7 Å². The molecule has 15 heteroatoms. The van der Waals surface area contributed by atoms with Crippen molar-refractivity contribution >= 4 is 27.2 Å². The fourth-order valence-electron chi connectivity index (χ4n) is 5.23. The SMILES string of the molecule is COCCO[C@@H]1CC[C@@H](C(=O)NO)C(c2nc3c(-c4ccc(-c5ncc[nH]5)nc4)cnn3c(N)c2S(C)(=O)=O)C1. The van der Waals surface area contributed by atoms with Crippen LogP contribution in [0.4, 0.5) is 5.82 Å². The predicted molar refractivity (Wildman–Crippen MR) is 143 cm³/mol. The Morgan fingerprint density at radius 2 is 2.08 bits per heavy atom. The Hall–Kier alpha value is -3.92. The smallest absolute Gasteiger partial charge is 0.247 e. The first kappa shape index (κ1) is 27.6. The number of aromatic nitrogens is 6. The van der Waals surface area contributed by atoms with Crippen molar-refractivity contribution in [1.82, 2.24) is 35.0 Å². The zero-order chi connectivity index (χ0) is 28.4. The monoisotopic (exact) mass is 570 g/mol. The first-order valence-electron chi connectivity index (χ1n) is 12.6. The molecule has 1 aliphatic carbocycles. The van der Waals surface area contributed by atoms with Crippen molar-refractivity contribution in [2.75, 3.05) is 32.3 Å². The standard InChI is InChI=1S/C25H30N8O6S/c1-38-9-10-39-15-4-5-16(25(34)32-35)17(11-15)20-21(40(2,36)37)22(26)33-24(31-20)18(13-30-33)14-3-6-19(29-12-14)23-27-7-8-28-23/h3,6-8,12-13,15-17,35H,4-5,9-11,26H2,1-2H3,(H,27,28)(H,32,34)/t15-,16-,17?/m1/s1. The van der Waals surface area contributed by atoms with E-state index in [0.29, 0.717) is 54.3 Å². The van der Waals surface area contributed by atoms with E-state index in [0.717, 1.165) is 6.26 Å². The van der Waals surface area contributed by atoms with Gasteiger partial charge in [-0.2, -0.15) is 9.61 Å². The molecule has 40 heavy (non-hydrogen) atoms. The molecule has 1 amide bonds. The number of imidazole rings is 1. The quantitative estimate of drug-likeness (QED) is 0.129. The number of rotatable bonds is 9. The molecule has 4 heterocycles. The highest BCUT2D eigenvalue weighted by molar-refractivity contribution is 7.91. The number of hydrogen-bond donors (Lipinski definition) is 4. The van der Waals surface area contributed by atoms with Gasteiger partial charge in [0.25, 0.3) is 0 Å². The number of pyridine rings is 1. The fourth-order valence-corrected chi connectivity index (χ4v) is 6.28. The number of carbonyl (C=O) groups excluding carboxylic acids is 1. The molecule has 5 N–H and O–H groups in total. The molecule has 0 aliphatic heterocycles. The molecule has 0 spiro atoms. The number of ether oxygens (including phenoxy) is 2. The first-order chi connectivity index (χ1) is 19.2. The van der Waals surface area contributed by atoms with Crippen LogP contribution in [0.3, 0.4) is 0 Å². The lowest BCUT2D eigenvalue weighted by Gasteiger charge is -2.35. The van der Waals surface area contributed by atoms with Gasteiger partial charge in [-0.3, -0.25) is 15.0 Å². The average Bonchev–Trinajstić information content (AvgIpc) is 3.63. The van der Waals surface area contributed by atoms with Crippen molar-refractivity contribution in [3.05, 3.63) is 42.6 Å². The predicted octanol–water partition coefficient (Wildman–Crippen LogP) is 1.59. The van der Waals surface area contributed by atoms with E-state index in [4.69, 9.17) is 20.2 Å². The summed E-state index contributed by atoms with van der Waals surface area (Å²) >= 11 is 0. The largest absolute Gasteiger partial charge is 0.382 e. The van der Waals surface area contributed by atoms with Gasteiger partial charge in [0.15, 0.2) is 21.3 Å². The second-order valence-electron chi connectivity index (χ2n) is 9.63. The number of hydrogen-bond acceptors (Lipinski definition) is 11. The number of nitrogen functional groups attached to an aromatic ring is 1. The number of sulfone groups is 1. The van der Waals surface area contributed by atoms with Gasteiger partial charge in [0.1, 0.15) is 16.4 Å². The van der Waals surface area contributed by atoms with Crippen molar-refractivity contribution in [3.63, 3.8) is 0 Å². The van der Waals surface area contributed by atoms with Crippen LogP contribution >= 0.6 is 0 Å². The lowest BCUT2D eigenvalue weighted by molar-refractivity contribution is -0.136. The summed E-state index contributed by atoms with van der Waals surface area (Å²) in [6.07, 6.45) is 8.43. The third-order valence-corrected chi connectivity index (χ3v) is 8.25. The molecular formula is C25H30N8O6S. The minimum Gasteiger partial charge on any atom is -0.382 e. The first-order valence-corrected chi connectivity index (χ1v) is 14.5. The number of fused-ring (bicyclic) bond motifs is 1. The highest BCUT2D eigenvalue weighted by Crippen LogP contribution is 2.43. The summed E-state index contributed by atoms with van der Waals surface area (Å²) in [7, 11) is -2.34. The number of hydroxylamine groups is 1. The molecule has 1 saturated carbocycles. The van der Waals surface area contributed by atoms with Crippen LogP contribution in [0, 0.1) is 5.92 Å². The minimum absolute atomic E-state index is 0.125. The Morgan fingerprint density at radius 1 is 1.25 bits per heavy atom. The maximum Gasteiger partial charge on any atom is 0.247 e. The number of anilines is 1. The second kappa shape index (κ2) is 11.3. The van der Waals surface area contributed by atoms with Crippen molar-refractivity contribution in [2.45, 2.75) is 36.2 Å². The molecule has 0 saturated heterocycles. The summed E-state index contributed by atoms with van der Waals surface area (Å²) in [5, 5.41) is 13.8. The molecule has 0 bridgehead atoms. The third-order valence-electron chi connectivity index (χ3n) is 7.09. The van der Waals surface area contributed by atoms with Crippen LogP contribution in [-0.4, -0.2) is 81.8 Å². The Morgan fingerprint density at radius 3 is 2.73 bits per heavy atom. The van der Waals surface area contributed by atoms with E-state index in [1.54, 1.807) is 37.2 Å². The zero-order valence-corrected chi connectivity index (χ0v) is 22.8. The number of carbonyl (C=O) groups is 1. The lowest BCUT2D eigenvalue weighted by atomic mass is 9.75. The maximum atomic E-state index is 13.0. The van der Waals surface area contributed by atoms with Gasteiger partial charge in [-0.1, -0.05) is 6.07 Å². The topological polar surface area (TPSA) is 200 Å². The van der Waals surface area contributed by atoms with Crippen LogP contribution in [0.25, 0.3) is 28.3 Å². The van der Waals surface area contributed by atoms with Gasteiger partial charge in [-0.15, -0.1) is 0 Å². The Balaban J connectivity index is 1.63. The van der Waals surface area contributed by atoms with Crippen molar-refractivity contribution in [3.8, 4) is 22.6 Å². The maximum absolute atomic E-state index is 13.0. The third kappa shape index (κ3) is 5.28. The van der Waals surface area contributed by atoms with Gasteiger partial charge in [0.2, 0.25) is 5.91 Å². The molecule has 0 radical (unpaired) electrons. The summed E-state index contributed by atoms with van der Waals surface area (Å²) in [6.45, 7) is 0.728. The Kier molecular flexibility index (Phi) is 7.80. The van der Waals surface area contributed by atoms with Crippen molar-refractivity contribution in [1.29, 1.82) is 0 Å². The highest BCUT2D eigenvalue weighted by atomic mass is 32.2. The minimum atomic E-state index is -3.91. The van der Waals surface area contributed by atoms with E-state index < -0.39 is 27.6 Å². The molecule has 212 valence electrons. The van der Waals surface area contributed by atoms with E-state index >= 15 is 0 Å². The van der Waals surface area contributed by atoms with Gasteiger partial charge in [0, 0.05) is 54.9 Å². The van der Waals surface area contributed by atoms with Gasteiger partial charge in [0.05, 0.1) is 31.2 Å². The van der Waals surface area contributed by atoms with Gasteiger partial charge >= 0.3 is 0 Å². The van der Waals surface area contributed by atoms with Crippen LogP contribution in [0.1, 0.15) is 30.9 Å². The van der Waals surface area contributed by atoms with E-state index in [9.17, 15) is 18.4 Å². The average molecular weight is 571 g/mol. The van der Waals surface area contributed by atoms with Crippen LogP contribution in [0.2, 0.25) is 0 Å². The normalized spacial score (nSPS) is 19.6. The molecular weight excluding hydrogens is 540 g/mol. The molecule has 5 rings (SSSR count). The van der Waals surface area contributed by atoms with Gasteiger partial charge < -0.3 is 20.2 Å². The molecule has 4 aromatic heterocycles. The second-order valence-corrected chi connectivity index (χ2v) is 11.6. The molecule has 0 aromatic carbocycles. The summed E-state index contributed by atoms with van der Waals surface area (Å²) < 4.78 is 38.4. The number of aromatic amines is 1. The summed E-state index contributed by atoms with van der Waals surface area (Å²) in [4.78, 5) is 29.0. The van der Waals surface area contributed by atoms with Crippen LogP contribution in [0.15, 0.2) is 41.8 Å². The number of nitrogens with zero attached hydrogens (tertiary/aromatic N) is 5. The summed E-state index contributed by atoms with van der Waals surface area (Å²) in [5.74, 6) is -1.62. The number of amides is 1. The van der Waals surface area contributed by atoms with Crippen LogP contribution < -0.4 is 11.2 Å². The molecule has 1 aliphatic rings. The summed E-state index contributed by atoms with van der Waals surface area (Å²) in [5.41, 5.74) is 10.5.